The van der Waals surface area contributed by atoms with Crippen molar-refractivity contribution in [2.24, 2.45) is 11.8 Å². The summed E-state index contributed by atoms with van der Waals surface area (Å²) in [6, 6.07) is 4.85. The summed E-state index contributed by atoms with van der Waals surface area (Å²) in [4.78, 5) is 4.22. The standard InChI is InChI=1S/C16H26N2/c1-3-13-6-4-8-15(10-13)16(17-2)11-14-7-5-9-18-12-14/h5,7,9,12-13,15-17H,3-4,6,8,10-11H2,1-2H3. The first kappa shape index (κ1) is 13.5. The topological polar surface area (TPSA) is 24.9 Å². The van der Waals surface area contributed by atoms with E-state index in [9.17, 15) is 0 Å². The van der Waals surface area contributed by atoms with Gasteiger partial charge in [-0.15, -0.1) is 0 Å². The number of pyridine rings is 1. The second kappa shape index (κ2) is 6.89. The second-order valence-corrected chi connectivity index (χ2v) is 5.66. The molecule has 0 radical (unpaired) electrons. The predicted octanol–water partition coefficient (Wildman–Crippen LogP) is 3.43. The monoisotopic (exact) mass is 246 g/mol. The third-order valence-electron chi connectivity index (χ3n) is 4.52. The predicted molar refractivity (Wildman–Crippen MR) is 76.5 cm³/mol. The third kappa shape index (κ3) is 3.55. The van der Waals surface area contributed by atoms with Crippen LogP contribution in [0.25, 0.3) is 0 Å². The first-order chi connectivity index (χ1) is 8.83. The lowest BCUT2D eigenvalue weighted by molar-refractivity contribution is 0.212. The average Bonchev–Trinajstić information content (AvgIpc) is 2.46. The molecule has 1 saturated carbocycles. The Bertz CT molecular complexity index is 336. The molecule has 1 N–H and O–H groups in total. The number of aromatic nitrogens is 1. The van der Waals surface area contributed by atoms with E-state index in [2.05, 4.69) is 30.3 Å². The minimum atomic E-state index is 0.614. The first-order valence-corrected chi connectivity index (χ1v) is 7.39. The molecule has 1 aromatic heterocycles. The largest absolute Gasteiger partial charge is 0.316 e. The van der Waals surface area contributed by atoms with Crippen LogP contribution in [0.1, 0.15) is 44.6 Å². The molecule has 1 aromatic rings. The van der Waals surface area contributed by atoms with E-state index in [1.807, 2.05) is 18.5 Å². The molecule has 0 amide bonds. The van der Waals surface area contributed by atoms with E-state index in [0.717, 1.165) is 18.3 Å². The van der Waals surface area contributed by atoms with Gasteiger partial charge in [0.1, 0.15) is 0 Å². The normalized spacial score (nSPS) is 25.9. The van der Waals surface area contributed by atoms with Crippen molar-refractivity contribution < 1.29 is 0 Å². The van der Waals surface area contributed by atoms with Gasteiger partial charge in [-0.3, -0.25) is 4.98 Å². The van der Waals surface area contributed by atoms with Crippen molar-refractivity contribution in [3.63, 3.8) is 0 Å². The van der Waals surface area contributed by atoms with Crippen LogP contribution in [0.4, 0.5) is 0 Å². The second-order valence-electron chi connectivity index (χ2n) is 5.66. The highest BCUT2D eigenvalue weighted by molar-refractivity contribution is 5.10. The highest BCUT2D eigenvalue weighted by Crippen LogP contribution is 2.33. The van der Waals surface area contributed by atoms with Crippen molar-refractivity contribution in [3.05, 3.63) is 30.1 Å². The summed E-state index contributed by atoms with van der Waals surface area (Å²) < 4.78 is 0. The van der Waals surface area contributed by atoms with Crippen LogP contribution in [0.3, 0.4) is 0 Å². The van der Waals surface area contributed by atoms with E-state index in [1.54, 1.807) is 0 Å². The maximum Gasteiger partial charge on any atom is 0.0300 e. The lowest BCUT2D eigenvalue weighted by atomic mass is 9.75. The lowest BCUT2D eigenvalue weighted by Crippen LogP contribution is -2.38. The van der Waals surface area contributed by atoms with Gasteiger partial charge in [0.25, 0.3) is 0 Å². The minimum Gasteiger partial charge on any atom is -0.316 e. The fraction of sp³-hybridized carbons (Fsp3) is 0.688. The summed E-state index contributed by atoms with van der Waals surface area (Å²) in [7, 11) is 2.11. The summed E-state index contributed by atoms with van der Waals surface area (Å²) in [5.74, 6) is 1.79. The number of rotatable bonds is 5. The van der Waals surface area contributed by atoms with Gasteiger partial charge in [-0.05, 0) is 49.8 Å². The van der Waals surface area contributed by atoms with Crippen LogP contribution in [-0.2, 0) is 6.42 Å². The molecule has 1 aliphatic carbocycles. The third-order valence-corrected chi connectivity index (χ3v) is 4.52. The van der Waals surface area contributed by atoms with E-state index in [4.69, 9.17) is 0 Å². The summed E-state index contributed by atoms with van der Waals surface area (Å²) in [6.45, 7) is 2.34. The Kier molecular flexibility index (Phi) is 5.18. The van der Waals surface area contributed by atoms with Crippen LogP contribution in [0, 0.1) is 11.8 Å². The molecule has 3 atom stereocenters. The molecular formula is C16H26N2. The molecule has 0 aromatic carbocycles. The van der Waals surface area contributed by atoms with Crippen LogP contribution < -0.4 is 5.32 Å². The van der Waals surface area contributed by atoms with Crippen molar-refractivity contribution in [2.45, 2.75) is 51.5 Å². The number of hydrogen-bond acceptors (Lipinski definition) is 2. The van der Waals surface area contributed by atoms with E-state index < -0.39 is 0 Å². The van der Waals surface area contributed by atoms with Crippen LogP contribution in [0.5, 0.6) is 0 Å². The smallest absolute Gasteiger partial charge is 0.0300 e. The van der Waals surface area contributed by atoms with Gasteiger partial charge >= 0.3 is 0 Å². The summed E-state index contributed by atoms with van der Waals surface area (Å²) in [5.41, 5.74) is 1.36. The average molecular weight is 246 g/mol. The Balaban J connectivity index is 1.95. The van der Waals surface area contributed by atoms with Crippen LogP contribution in [-0.4, -0.2) is 18.1 Å². The fourth-order valence-corrected chi connectivity index (χ4v) is 3.35. The van der Waals surface area contributed by atoms with Crippen molar-refractivity contribution in [1.82, 2.24) is 10.3 Å². The van der Waals surface area contributed by atoms with Gasteiger partial charge < -0.3 is 5.32 Å². The summed E-state index contributed by atoms with van der Waals surface area (Å²) in [6.07, 6.45) is 12.0. The van der Waals surface area contributed by atoms with Gasteiger partial charge in [0.2, 0.25) is 0 Å². The van der Waals surface area contributed by atoms with Crippen molar-refractivity contribution in [2.75, 3.05) is 7.05 Å². The molecule has 3 unspecified atom stereocenters. The molecule has 0 saturated heterocycles. The molecule has 1 heterocycles. The number of likely N-dealkylation sites (N-methyl/N-ethyl adjacent to an activating group) is 1. The van der Waals surface area contributed by atoms with Gasteiger partial charge in [0, 0.05) is 18.4 Å². The molecule has 18 heavy (non-hydrogen) atoms. The molecule has 2 heteroatoms. The minimum absolute atomic E-state index is 0.614. The Labute approximate surface area is 111 Å². The maximum absolute atomic E-state index is 4.22. The molecule has 2 rings (SSSR count). The van der Waals surface area contributed by atoms with Gasteiger partial charge in [-0.2, -0.15) is 0 Å². The molecule has 0 bridgehead atoms. The van der Waals surface area contributed by atoms with E-state index in [0.29, 0.717) is 6.04 Å². The molecule has 0 aliphatic heterocycles. The van der Waals surface area contributed by atoms with Gasteiger partial charge in [0.05, 0.1) is 0 Å². The lowest BCUT2D eigenvalue weighted by Gasteiger charge is -2.34. The van der Waals surface area contributed by atoms with Crippen LogP contribution >= 0.6 is 0 Å². The van der Waals surface area contributed by atoms with Crippen molar-refractivity contribution in [1.29, 1.82) is 0 Å². The van der Waals surface area contributed by atoms with Crippen molar-refractivity contribution >= 4 is 0 Å². The Morgan fingerprint density at radius 2 is 2.33 bits per heavy atom. The molecule has 2 nitrogen and oxygen atoms in total. The highest BCUT2D eigenvalue weighted by atomic mass is 14.9. The van der Waals surface area contributed by atoms with Gasteiger partial charge in [0.15, 0.2) is 0 Å². The fourth-order valence-electron chi connectivity index (χ4n) is 3.35. The number of nitrogens with one attached hydrogen (secondary N) is 1. The molecule has 1 fully saturated rings. The molecule has 1 aliphatic rings. The zero-order valence-corrected chi connectivity index (χ0v) is 11.7. The zero-order chi connectivity index (χ0) is 12.8. The van der Waals surface area contributed by atoms with E-state index in [-0.39, 0.29) is 0 Å². The van der Waals surface area contributed by atoms with Gasteiger partial charge in [-0.1, -0.05) is 32.3 Å². The quantitative estimate of drug-likeness (QED) is 0.861. The molecular weight excluding hydrogens is 220 g/mol. The van der Waals surface area contributed by atoms with Gasteiger partial charge in [-0.25, -0.2) is 0 Å². The molecule has 0 spiro atoms. The Morgan fingerprint density at radius 1 is 1.44 bits per heavy atom. The van der Waals surface area contributed by atoms with E-state index in [1.165, 1.54) is 37.7 Å². The zero-order valence-electron chi connectivity index (χ0n) is 11.7. The van der Waals surface area contributed by atoms with E-state index >= 15 is 0 Å². The Morgan fingerprint density at radius 3 is 3.00 bits per heavy atom. The SMILES string of the molecule is CCC1CCCC(C(Cc2cccnc2)NC)C1. The highest BCUT2D eigenvalue weighted by Gasteiger charge is 2.26. The Hall–Kier alpha value is -0.890. The summed E-state index contributed by atoms with van der Waals surface area (Å²) >= 11 is 0. The molecule has 100 valence electrons. The maximum atomic E-state index is 4.22. The number of hydrogen-bond donors (Lipinski definition) is 1. The first-order valence-electron chi connectivity index (χ1n) is 7.39. The van der Waals surface area contributed by atoms with Crippen molar-refractivity contribution in [3.8, 4) is 0 Å². The number of nitrogens with zero attached hydrogens (tertiary/aromatic N) is 1. The van der Waals surface area contributed by atoms with Crippen LogP contribution in [0.2, 0.25) is 0 Å². The van der Waals surface area contributed by atoms with Crippen LogP contribution in [0.15, 0.2) is 24.5 Å². The summed E-state index contributed by atoms with van der Waals surface area (Å²) in [5, 5.41) is 3.54.